The maximum Gasteiger partial charge on any atom is 0.150 e. The van der Waals surface area contributed by atoms with E-state index in [-0.39, 0.29) is 21.9 Å². The van der Waals surface area contributed by atoms with E-state index in [1.54, 1.807) is 0 Å². The lowest BCUT2D eigenvalue weighted by Gasteiger charge is -2.05. The molecule has 0 saturated carbocycles. The summed E-state index contributed by atoms with van der Waals surface area (Å²) in [6.07, 6.45) is 0. The van der Waals surface area contributed by atoms with Gasteiger partial charge in [0.2, 0.25) is 0 Å². The van der Waals surface area contributed by atoms with Crippen molar-refractivity contribution in [3.05, 3.63) is 28.2 Å². The summed E-state index contributed by atoms with van der Waals surface area (Å²) in [5.41, 5.74) is 5.47. The summed E-state index contributed by atoms with van der Waals surface area (Å²) in [6.45, 7) is 3.65. The molecule has 0 spiro atoms. The fourth-order valence-corrected chi connectivity index (χ4v) is 1.18. The molecule has 0 aliphatic heterocycles. The molecule has 0 atom stereocenters. The highest BCUT2D eigenvalue weighted by Crippen LogP contribution is 2.25. The standard InChI is InChI=1S/C10H11BrF2N2/c1-5(2)10(14)15-9-4-7(12)6(11)3-8(9)13/h3-5H,1-2H3,(H2,14,15). The molecule has 1 aromatic carbocycles. The molecule has 0 saturated heterocycles. The van der Waals surface area contributed by atoms with Crippen LogP contribution < -0.4 is 5.73 Å². The lowest BCUT2D eigenvalue weighted by molar-refractivity contribution is 0.596. The lowest BCUT2D eigenvalue weighted by Crippen LogP contribution is -2.18. The Hall–Kier alpha value is -0.970. The number of rotatable bonds is 2. The van der Waals surface area contributed by atoms with Crippen LogP contribution in [0, 0.1) is 17.6 Å². The Labute approximate surface area is 95.3 Å². The number of amidine groups is 1. The third kappa shape index (κ3) is 2.99. The molecule has 0 aromatic heterocycles. The van der Waals surface area contributed by atoms with Crippen LogP contribution in [0.15, 0.2) is 21.6 Å². The monoisotopic (exact) mass is 276 g/mol. The number of hydrogen-bond donors (Lipinski definition) is 1. The quantitative estimate of drug-likeness (QED) is 0.502. The van der Waals surface area contributed by atoms with Crippen LogP contribution >= 0.6 is 15.9 Å². The first kappa shape index (κ1) is 12.1. The summed E-state index contributed by atoms with van der Waals surface area (Å²) in [7, 11) is 0. The van der Waals surface area contributed by atoms with Gasteiger partial charge in [0.05, 0.1) is 4.47 Å². The van der Waals surface area contributed by atoms with Gasteiger partial charge in [0.25, 0.3) is 0 Å². The molecular formula is C10H11BrF2N2. The average molecular weight is 277 g/mol. The molecule has 0 unspecified atom stereocenters. The van der Waals surface area contributed by atoms with Gasteiger partial charge in [-0.15, -0.1) is 0 Å². The highest BCUT2D eigenvalue weighted by molar-refractivity contribution is 9.10. The summed E-state index contributed by atoms with van der Waals surface area (Å²) in [6, 6.07) is 2.04. The first-order chi connectivity index (χ1) is 6.91. The van der Waals surface area contributed by atoms with Crippen molar-refractivity contribution in [2.45, 2.75) is 13.8 Å². The Morgan fingerprint density at radius 2 is 1.93 bits per heavy atom. The third-order valence-corrected chi connectivity index (χ3v) is 2.44. The van der Waals surface area contributed by atoms with E-state index in [2.05, 4.69) is 20.9 Å². The van der Waals surface area contributed by atoms with Crippen LogP contribution in [-0.4, -0.2) is 5.84 Å². The Morgan fingerprint density at radius 1 is 1.33 bits per heavy atom. The predicted octanol–water partition coefficient (Wildman–Crippen LogP) is 3.37. The summed E-state index contributed by atoms with van der Waals surface area (Å²) < 4.78 is 26.5. The first-order valence-electron chi connectivity index (χ1n) is 4.40. The molecule has 15 heavy (non-hydrogen) atoms. The minimum absolute atomic E-state index is 0.00360. The van der Waals surface area contributed by atoms with Crippen molar-refractivity contribution in [1.82, 2.24) is 0 Å². The largest absolute Gasteiger partial charge is 0.387 e. The highest BCUT2D eigenvalue weighted by Gasteiger charge is 2.08. The topological polar surface area (TPSA) is 38.4 Å². The van der Waals surface area contributed by atoms with Crippen molar-refractivity contribution in [1.29, 1.82) is 0 Å². The molecule has 0 aliphatic carbocycles. The number of nitrogens with zero attached hydrogens (tertiary/aromatic N) is 1. The average Bonchev–Trinajstić information content (AvgIpc) is 2.13. The summed E-state index contributed by atoms with van der Waals surface area (Å²) in [4.78, 5) is 3.82. The molecule has 0 fully saturated rings. The second kappa shape index (κ2) is 4.70. The summed E-state index contributed by atoms with van der Waals surface area (Å²) in [5, 5.41) is 0. The van der Waals surface area contributed by atoms with E-state index in [9.17, 15) is 8.78 Å². The maximum absolute atomic E-state index is 13.3. The normalized spacial score (nSPS) is 12.3. The number of hydrogen-bond acceptors (Lipinski definition) is 1. The van der Waals surface area contributed by atoms with Crippen LogP contribution in [0.5, 0.6) is 0 Å². The molecule has 82 valence electrons. The zero-order valence-corrected chi connectivity index (χ0v) is 9.98. The van der Waals surface area contributed by atoms with Gasteiger partial charge >= 0.3 is 0 Å². The van der Waals surface area contributed by atoms with E-state index >= 15 is 0 Å². The fourth-order valence-electron chi connectivity index (χ4n) is 0.866. The highest BCUT2D eigenvalue weighted by atomic mass is 79.9. The molecule has 2 N–H and O–H groups in total. The molecule has 5 heteroatoms. The van der Waals surface area contributed by atoms with Crippen LogP contribution in [0.3, 0.4) is 0 Å². The van der Waals surface area contributed by atoms with Gasteiger partial charge in [-0.1, -0.05) is 13.8 Å². The van der Waals surface area contributed by atoms with Crippen molar-refractivity contribution in [3.63, 3.8) is 0 Å². The van der Waals surface area contributed by atoms with Gasteiger partial charge < -0.3 is 5.73 Å². The van der Waals surface area contributed by atoms with Gasteiger partial charge in [-0.25, -0.2) is 13.8 Å². The maximum atomic E-state index is 13.3. The zero-order chi connectivity index (χ0) is 11.6. The SMILES string of the molecule is CC(C)C(N)=Nc1cc(F)c(Br)cc1F. The van der Waals surface area contributed by atoms with Crippen LogP contribution in [-0.2, 0) is 0 Å². The van der Waals surface area contributed by atoms with Gasteiger partial charge in [-0.05, 0) is 22.0 Å². The van der Waals surface area contributed by atoms with Crippen LogP contribution in [0.4, 0.5) is 14.5 Å². The second-order valence-electron chi connectivity index (χ2n) is 3.41. The van der Waals surface area contributed by atoms with Gasteiger partial charge in [0.15, 0.2) is 0 Å². The number of benzene rings is 1. The molecule has 1 aromatic rings. The van der Waals surface area contributed by atoms with Crippen molar-refractivity contribution < 1.29 is 8.78 Å². The minimum Gasteiger partial charge on any atom is -0.387 e. The molecule has 0 bridgehead atoms. The number of nitrogens with two attached hydrogens (primary N) is 1. The van der Waals surface area contributed by atoms with Crippen LogP contribution in [0.25, 0.3) is 0 Å². The Kier molecular flexibility index (Phi) is 3.79. The summed E-state index contributed by atoms with van der Waals surface area (Å²) >= 11 is 2.88. The van der Waals surface area contributed by atoms with Gasteiger partial charge in [-0.3, -0.25) is 0 Å². The molecule has 0 radical (unpaired) electrons. The van der Waals surface area contributed by atoms with Gasteiger partial charge in [0.1, 0.15) is 23.2 Å². The van der Waals surface area contributed by atoms with Gasteiger partial charge in [-0.2, -0.15) is 0 Å². The Balaban J connectivity index is 3.16. The van der Waals surface area contributed by atoms with E-state index in [0.717, 1.165) is 12.1 Å². The minimum atomic E-state index is -0.605. The van der Waals surface area contributed by atoms with E-state index in [4.69, 9.17) is 5.73 Å². The predicted molar refractivity (Wildman–Crippen MR) is 60.2 cm³/mol. The van der Waals surface area contributed by atoms with Crippen molar-refractivity contribution in [2.75, 3.05) is 0 Å². The smallest absolute Gasteiger partial charge is 0.150 e. The zero-order valence-electron chi connectivity index (χ0n) is 8.39. The van der Waals surface area contributed by atoms with Crippen LogP contribution in [0.1, 0.15) is 13.8 Å². The molecule has 0 amide bonds. The van der Waals surface area contributed by atoms with Crippen LogP contribution in [0.2, 0.25) is 0 Å². The van der Waals surface area contributed by atoms with Crippen molar-refractivity contribution in [2.24, 2.45) is 16.6 Å². The molecule has 2 nitrogen and oxygen atoms in total. The second-order valence-corrected chi connectivity index (χ2v) is 4.26. The Morgan fingerprint density at radius 3 is 2.47 bits per heavy atom. The van der Waals surface area contributed by atoms with Crippen molar-refractivity contribution in [3.8, 4) is 0 Å². The number of aliphatic imine (C=N–C) groups is 1. The number of halogens is 3. The van der Waals surface area contributed by atoms with E-state index in [1.165, 1.54) is 0 Å². The molecule has 0 aliphatic rings. The first-order valence-corrected chi connectivity index (χ1v) is 5.19. The van der Waals surface area contributed by atoms with E-state index in [1.807, 2.05) is 13.8 Å². The van der Waals surface area contributed by atoms with Gasteiger partial charge in [0, 0.05) is 12.0 Å². The van der Waals surface area contributed by atoms with Crippen molar-refractivity contribution >= 4 is 27.5 Å². The third-order valence-electron chi connectivity index (χ3n) is 1.83. The van der Waals surface area contributed by atoms with E-state index < -0.39 is 11.6 Å². The molecular weight excluding hydrogens is 266 g/mol. The molecule has 1 rings (SSSR count). The summed E-state index contributed by atoms with van der Waals surface area (Å²) in [5.74, 6) is -0.898. The Bertz CT molecular complexity index is 403. The molecule has 0 heterocycles. The van der Waals surface area contributed by atoms with E-state index in [0.29, 0.717) is 0 Å². The fraction of sp³-hybridized carbons (Fsp3) is 0.300. The lowest BCUT2D eigenvalue weighted by atomic mass is 10.2.